The van der Waals surface area contributed by atoms with E-state index in [-0.39, 0.29) is 0 Å². The Hall–Kier alpha value is -0.940. The molecule has 0 spiro atoms. The molecule has 5 nitrogen and oxygen atoms in total. The van der Waals surface area contributed by atoms with Gasteiger partial charge in [-0.2, -0.15) is 0 Å². The summed E-state index contributed by atoms with van der Waals surface area (Å²) in [6.07, 6.45) is 3.02. The number of nitrogens with zero attached hydrogens (tertiary/aromatic N) is 4. The summed E-state index contributed by atoms with van der Waals surface area (Å²) in [6.45, 7) is 9.85. The summed E-state index contributed by atoms with van der Waals surface area (Å²) in [7, 11) is 2.03. The van der Waals surface area contributed by atoms with Crippen molar-refractivity contribution in [2.45, 2.75) is 33.4 Å². The lowest BCUT2D eigenvalue weighted by molar-refractivity contribution is 0.128. The van der Waals surface area contributed by atoms with Crippen molar-refractivity contribution in [2.75, 3.05) is 26.7 Å². The van der Waals surface area contributed by atoms with Gasteiger partial charge in [0.25, 0.3) is 0 Å². The van der Waals surface area contributed by atoms with E-state index >= 15 is 0 Å². The first-order valence-electron chi connectivity index (χ1n) is 6.40. The maximum Gasteiger partial charge on any atom is 0.147 e. The first kappa shape index (κ1) is 12.5. The first-order chi connectivity index (χ1) is 8.17. The maximum absolute atomic E-state index is 4.16. The highest BCUT2D eigenvalue weighted by molar-refractivity contribution is 4.91. The van der Waals surface area contributed by atoms with E-state index in [2.05, 4.69) is 38.8 Å². The molecule has 0 amide bonds. The third-order valence-electron chi connectivity index (χ3n) is 3.78. The molecule has 5 heteroatoms. The Morgan fingerprint density at radius 2 is 2.29 bits per heavy atom. The summed E-state index contributed by atoms with van der Waals surface area (Å²) >= 11 is 0. The molecule has 1 atom stereocenters. The summed E-state index contributed by atoms with van der Waals surface area (Å²) in [5.41, 5.74) is 0.344. The molecular weight excluding hydrogens is 214 g/mol. The van der Waals surface area contributed by atoms with Crippen molar-refractivity contribution in [1.82, 2.24) is 25.0 Å². The van der Waals surface area contributed by atoms with Gasteiger partial charge in [0.15, 0.2) is 0 Å². The summed E-state index contributed by atoms with van der Waals surface area (Å²) in [5, 5.41) is 11.4. The minimum absolute atomic E-state index is 0.344. The van der Waals surface area contributed by atoms with Crippen LogP contribution in [-0.4, -0.2) is 46.3 Å². The van der Waals surface area contributed by atoms with Gasteiger partial charge < -0.3 is 9.88 Å². The second-order valence-electron chi connectivity index (χ2n) is 5.35. The number of aromatic nitrogens is 3. The van der Waals surface area contributed by atoms with Crippen LogP contribution in [0.1, 0.15) is 26.1 Å². The van der Waals surface area contributed by atoms with Gasteiger partial charge in [-0.3, -0.25) is 4.90 Å². The van der Waals surface area contributed by atoms with Crippen LogP contribution < -0.4 is 5.32 Å². The predicted octanol–water partition coefficient (Wildman–Crippen LogP) is 0.729. The van der Waals surface area contributed by atoms with Gasteiger partial charge in [0.2, 0.25) is 0 Å². The van der Waals surface area contributed by atoms with Crippen molar-refractivity contribution in [1.29, 1.82) is 0 Å². The molecule has 1 aromatic heterocycles. The second kappa shape index (κ2) is 5.14. The largest absolute Gasteiger partial charge is 0.319 e. The molecular formula is C12H23N5. The monoisotopic (exact) mass is 237 g/mol. The molecule has 1 unspecified atom stereocenters. The third-order valence-corrected chi connectivity index (χ3v) is 3.78. The highest BCUT2D eigenvalue weighted by Gasteiger charge is 2.27. The van der Waals surface area contributed by atoms with Gasteiger partial charge in [-0.1, -0.05) is 13.8 Å². The quantitative estimate of drug-likeness (QED) is 0.820. The van der Waals surface area contributed by atoms with Gasteiger partial charge in [-0.15, -0.1) is 10.2 Å². The molecule has 0 aliphatic carbocycles. The molecule has 0 fully saturated rings. The molecule has 0 aromatic carbocycles. The lowest BCUT2D eigenvalue weighted by Crippen LogP contribution is -2.44. The van der Waals surface area contributed by atoms with Gasteiger partial charge >= 0.3 is 0 Å². The zero-order valence-electron chi connectivity index (χ0n) is 11.1. The summed E-state index contributed by atoms with van der Waals surface area (Å²) in [4.78, 5) is 2.49. The Kier molecular flexibility index (Phi) is 3.79. The average Bonchev–Trinajstić information content (AvgIpc) is 2.76. The Bertz CT molecular complexity index is 362. The van der Waals surface area contributed by atoms with Crippen LogP contribution in [0.15, 0.2) is 6.33 Å². The van der Waals surface area contributed by atoms with Gasteiger partial charge in [-0.05, 0) is 18.9 Å². The van der Waals surface area contributed by atoms with Crippen molar-refractivity contribution in [3.05, 3.63) is 12.2 Å². The average molecular weight is 237 g/mol. The van der Waals surface area contributed by atoms with E-state index in [1.807, 2.05) is 13.4 Å². The zero-order chi connectivity index (χ0) is 12.3. The van der Waals surface area contributed by atoms with Crippen LogP contribution in [0.4, 0.5) is 0 Å². The number of rotatable bonds is 5. The molecule has 1 aromatic rings. The van der Waals surface area contributed by atoms with Crippen molar-refractivity contribution in [3.8, 4) is 0 Å². The molecule has 96 valence electrons. The van der Waals surface area contributed by atoms with Crippen molar-refractivity contribution < 1.29 is 0 Å². The number of hydrogen-bond acceptors (Lipinski definition) is 4. The summed E-state index contributed by atoms with van der Waals surface area (Å²) < 4.78 is 2.15. The number of hydrogen-bond donors (Lipinski definition) is 1. The van der Waals surface area contributed by atoms with Crippen LogP contribution in [-0.2, 0) is 13.1 Å². The zero-order valence-corrected chi connectivity index (χ0v) is 11.1. The SMILES string of the molecule is CCC(C)(CNC)CN1CCn2cnnc2C1. The van der Waals surface area contributed by atoms with E-state index in [0.29, 0.717) is 5.41 Å². The van der Waals surface area contributed by atoms with Crippen LogP contribution in [0.25, 0.3) is 0 Å². The Labute approximate surface area is 103 Å². The maximum atomic E-state index is 4.16. The molecule has 1 N–H and O–H groups in total. The Balaban J connectivity index is 1.97. The fourth-order valence-electron chi connectivity index (χ4n) is 2.51. The van der Waals surface area contributed by atoms with Gasteiger partial charge in [0.1, 0.15) is 12.2 Å². The fourth-order valence-corrected chi connectivity index (χ4v) is 2.51. The third kappa shape index (κ3) is 2.84. The van der Waals surface area contributed by atoms with E-state index in [1.165, 1.54) is 6.42 Å². The van der Waals surface area contributed by atoms with Gasteiger partial charge in [-0.25, -0.2) is 0 Å². The van der Waals surface area contributed by atoms with E-state index in [9.17, 15) is 0 Å². The normalized spacial score (nSPS) is 19.9. The van der Waals surface area contributed by atoms with E-state index < -0.39 is 0 Å². The highest BCUT2D eigenvalue weighted by Crippen LogP contribution is 2.23. The van der Waals surface area contributed by atoms with Crippen molar-refractivity contribution >= 4 is 0 Å². The molecule has 1 aliphatic heterocycles. The van der Waals surface area contributed by atoms with Crippen molar-refractivity contribution in [2.24, 2.45) is 5.41 Å². The topological polar surface area (TPSA) is 46.0 Å². The van der Waals surface area contributed by atoms with Crippen LogP contribution >= 0.6 is 0 Å². The lowest BCUT2D eigenvalue weighted by atomic mass is 9.86. The van der Waals surface area contributed by atoms with Crippen molar-refractivity contribution in [3.63, 3.8) is 0 Å². The Morgan fingerprint density at radius 3 is 3.00 bits per heavy atom. The molecule has 0 radical (unpaired) electrons. The molecule has 0 bridgehead atoms. The standard InChI is InChI=1S/C12H23N5/c1-4-12(2,8-13-3)9-16-5-6-17-10-14-15-11(17)7-16/h10,13H,4-9H2,1-3H3. The van der Waals surface area contributed by atoms with Crippen LogP contribution in [0.2, 0.25) is 0 Å². The fraction of sp³-hybridized carbons (Fsp3) is 0.833. The van der Waals surface area contributed by atoms with Gasteiger partial charge in [0, 0.05) is 26.2 Å². The molecule has 2 rings (SSSR count). The number of fused-ring (bicyclic) bond motifs is 1. The molecule has 0 saturated heterocycles. The lowest BCUT2D eigenvalue weighted by Gasteiger charge is -2.36. The van der Waals surface area contributed by atoms with E-state index in [0.717, 1.165) is 38.5 Å². The molecule has 2 heterocycles. The minimum atomic E-state index is 0.344. The molecule has 1 aliphatic rings. The van der Waals surface area contributed by atoms with E-state index in [1.54, 1.807) is 0 Å². The number of nitrogens with one attached hydrogen (secondary N) is 1. The Morgan fingerprint density at radius 1 is 1.47 bits per heavy atom. The van der Waals surface area contributed by atoms with Gasteiger partial charge in [0.05, 0.1) is 6.54 Å². The molecule has 17 heavy (non-hydrogen) atoms. The first-order valence-corrected chi connectivity index (χ1v) is 6.40. The predicted molar refractivity (Wildman–Crippen MR) is 67.6 cm³/mol. The van der Waals surface area contributed by atoms with E-state index in [4.69, 9.17) is 0 Å². The van der Waals surface area contributed by atoms with Crippen LogP contribution in [0.5, 0.6) is 0 Å². The minimum Gasteiger partial charge on any atom is -0.319 e. The smallest absolute Gasteiger partial charge is 0.147 e. The second-order valence-corrected chi connectivity index (χ2v) is 5.35. The summed E-state index contributed by atoms with van der Waals surface area (Å²) in [6, 6.07) is 0. The summed E-state index contributed by atoms with van der Waals surface area (Å²) in [5.74, 6) is 1.10. The molecule has 0 saturated carbocycles. The van der Waals surface area contributed by atoms with Crippen LogP contribution in [0, 0.1) is 5.41 Å². The van der Waals surface area contributed by atoms with Crippen LogP contribution in [0.3, 0.4) is 0 Å². The highest BCUT2D eigenvalue weighted by atomic mass is 15.3.